The SMILES string of the molecule is CCC1(C(=O)N2CCOCC2CC(=O)O)CCCN1. The predicted octanol–water partition coefficient (Wildman–Crippen LogP) is 0.221. The van der Waals surface area contributed by atoms with Gasteiger partial charge < -0.3 is 20.1 Å². The highest BCUT2D eigenvalue weighted by atomic mass is 16.5. The van der Waals surface area contributed by atoms with Gasteiger partial charge in [-0.25, -0.2) is 0 Å². The van der Waals surface area contributed by atoms with Crippen molar-refractivity contribution in [1.29, 1.82) is 0 Å². The lowest BCUT2D eigenvalue weighted by Crippen LogP contribution is -2.60. The van der Waals surface area contributed by atoms with Gasteiger partial charge >= 0.3 is 5.97 Å². The summed E-state index contributed by atoms with van der Waals surface area (Å²) in [5, 5.41) is 12.3. The Balaban J connectivity index is 2.12. The maximum atomic E-state index is 12.8. The van der Waals surface area contributed by atoms with Crippen molar-refractivity contribution < 1.29 is 19.4 Å². The highest BCUT2D eigenvalue weighted by Gasteiger charge is 2.44. The quantitative estimate of drug-likeness (QED) is 0.764. The van der Waals surface area contributed by atoms with Crippen LogP contribution in [0, 0.1) is 0 Å². The number of aliphatic carboxylic acids is 1. The second kappa shape index (κ2) is 5.88. The Kier molecular flexibility index (Phi) is 4.42. The smallest absolute Gasteiger partial charge is 0.305 e. The fraction of sp³-hybridized carbons (Fsp3) is 0.846. The number of nitrogens with one attached hydrogen (secondary N) is 1. The number of carbonyl (C=O) groups is 2. The van der Waals surface area contributed by atoms with Gasteiger partial charge in [0.05, 0.1) is 31.2 Å². The van der Waals surface area contributed by atoms with Gasteiger partial charge in [0.1, 0.15) is 0 Å². The van der Waals surface area contributed by atoms with E-state index >= 15 is 0 Å². The van der Waals surface area contributed by atoms with E-state index in [1.54, 1.807) is 4.90 Å². The number of morpholine rings is 1. The normalized spacial score (nSPS) is 31.4. The minimum Gasteiger partial charge on any atom is -0.481 e. The van der Waals surface area contributed by atoms with Crippen molar-refractivity contribution >= 4 is 11.9 Å². The molecule has 2 heterocycles. The Bertz CT molecular complexity index is 353. The minimum absolute atomic E-state index is 0.0436. The molecule has 2 fully saturated rings. The standard InChI is InChI=1S/C13H22N2O4/c1-2-13(4-3-5-14-13)12(18)15-6-7-19-9-10(15)8-11(16)17/h10,14H,2-9H2,1H3,(H,16,17). The topological polar surface area (TPSA) is 78.9 Å². The molecule has 19 heavy (non-hydrogen) atoms. The molecule has 2 N–H and O–H groups in total. The van der Waals surface area contributed by atoms with Crippen LogP contribution in [0.15, 0.2) is 0 Å². The van der Waals surface area contributed by atoms with E-state index in [1.165, 1.54) is 0 Å². The molecular weight excluding hydrogens is 248 g/mol. The molecule has 6 nitrogen and oxygen atoms in total. The summed E-state index contributed by atoms with van der Waals surface area (Å²) in [7, 11) is 0. The molecule has 2 aliphatic rings. The highest BCUT2D eigenvalue weighted by Crippen LogP contribution is 2.27. The van der Waals surface area contributed by atoms with Crippen LogP contribution in [0.1, 0.15) is 32.6 Å². The van der Waals surface area contributed by atoms with Crippen LogP contribution in [-0.2, 0) is 14.3 Å². The molecule has 1 amide bonds. The molecule has 2 atom stereocenters. The third-order valence-electron chi connectivity index (χ3n) is 4.16. The van der Waals surface area contributed by atoms with Gasteiger partial charge in [-0.05, 0) is 25.8 Å². The lowest BCUT2D eigenvalue weighted by Gasteiger charge is -2.40. The highest BCUT2D eigenvalue weighted by molar-refractivity contribution is 5.87. The van der Waals surface area contributed by atoms with Crippen molar-refractivity contribution in [3.05, 3.63) is 0 Å². The molecule has 108 valence electrons. The third-order valence-corrected chi connectivity index (χ3v) is 4.16. The largest absolute Gasteiger partial charge is 0.481 e. The van der Waals surface area contributed by atoms with Gasteiger partial charge in [-0.3, -0.25) is 9.59 Å². The van der Waals surface area contributed by atoms with Gasteiger partial charge in [-0.1, -0.05) is 6.92 Å². The van der Waals surface area contributed by atoms with E-state index in [9.17, 15) is 9.59 Å². The zero-order chi connectivity index (χ0) is 13.9. The van der Waals surface area contributed by atoms with Gasteiger partial charge in [-0.2, -0.15) is 0 Å². The summed E-state index contributed by atoms with van der Waals surface area (Å²) < 4.78 is 5.31. The summed E-state index contributed by atoms with van der Waals surface area (Å²) >= 11 is 0. The lowest BCUT2D eigenvalue weighted by atomic mass is 9.91. The zero-order valence-corrected chi connectivity index (χ0v) is 11.4. The molecule has 6 heteroatoms. The van der Waals surface area contributed by atoms with Crippen LogP contribution >= 0.6 is 0 Å². The van der Waals surface area contributed by atoms with Gasteiger partial charge in [-0.15, -0.1) is 0 Å². The van der Waals surface area contributed by atoms with E-state index in [0.29, 0.717) is 19.8 Å². The number of ether oxygens (including phenoxy) is 1. The van der Waals surface area contributed by atoms with E-state index in [0.717, 1.165) is 25.8 Å². The summed E-state index contributed by atoms with van der Waals surface area (Å²) in [4.78, 5) is 25.4. The second-order valence-electron chi connectivity index (χ2n) is 5.29. The monoisotopic (exact) mass is 270 g/mol. The summed E-state index contributed by atoms with van der Waals surface area (Å²) in [5.74, 6) is -0.847. The number of carboxylic acid groups (broad SMARTS) is 1. The average molecular weight is 270 g/mol. The molecule has 2 saturated heterocycles. The molecule has 0 aromatic heterocycles. The first kappa shape index (κ1) is 14.3. The number of carboxylic acids is 1. The second-order valence-corrected chi connectivity index (χ2v) is 5.29. The van der Waals surface area contributed by atoms with E-state index in [4.69, 9.17) is 9.84 Å². The summed E-state index contributed by atoms with van der Waals surface area (Å²) in [6, 6.07) is -0.343. The maximum absolute atomic E-state index is 12.8. The Morgan fingerprint density at radius 1 is 1.53 bits per heavy atom. The van der Waals surface area contributed by atoms with Crippen LogP contribution in [0.4, 0.5) is 0 Å². The molecule has 2 rings (SSSR count). The molecule has 0 bridgehead atoms. The third kappa shape index (κ3) is 2.90. The Morgan fingerprint density at radius 2 is 2.32 bits per heavy atom. The van der Waals surface area contributed by atoms with E-state index < -0.39 is 11.5 Å². The maximum Gasteiger partial charge on any atom is 0.305 e. The first-order valence-corrected chi connectivity index (χ1v) is 6.95. The first-order valence-electron chi connectivity index (χ1n) is 6.95. The number of hydrogen-bond acceptors (Lipinski definition) is 4. The Hall–Kier alpha value is -1.14. The van der Waals surface area contributed by atoms with Crippen molar-refractivity contribution in [2.45, 2.75) is 44.2 Å². The summed E-state index contributed by atoms with van der Waals surface area (Å²) in [6.07, 6.45) is 2.52. The fourth-order valence-electron chi connectivity index (χ4n) is 3.01. The average Bonchev–Trinajstić information content (AvgIpc) is 2.88. The number of carbonyl (C=O) groups excluding carboxylic acids is 1. The molecule has 2 unspecified atom stereocenters. The Morgan fingerprint density at radius 3 is 2.89 bits per heavy atom. The molecule has 2 aliphatic heterocycles. The van der Waals surface area contributed by atoms with Crippen LogP contribution in [0.3, 0.4) is 0 Å². The zero-order valence-electron chi connectivity index (χ0n) is 11.4. The lowest BCUT2D eigenvalue weighted by molar-refractivity contribution is -0.150. The molecule has 0 aliphatic carbocycles. The van der Waals surface area contributed by atoms with Crippen molar-refractivity contribution in [2.75, 3.05) is 26.3 Å². The number of rotatable bonds is 4. The Labute approximate surface area is 113 Å². The number of nitrogens with zero attached hydrogens (tertiary/aromatic N) is 1. The minimum atomic E-state index is -0.891. The van der Waals surface area contributed by atoms with Crippen molar-refractivity contribution in [3.63, 3.8) is 0 Å². The van der Waals surface area contributed by atoms with Crippen LogP contribution in [0.5, 0.6) is 0 Å². The van der Waals surface area contributed by atoms with Crippen molar-refractivity contribution in [1.82, 2.24) is 10.2 Å². The van der Waals surface area contributed by atoms with Crippen LogP contribution < -0.4 is 5.32 Å². The van der Waals surface area contributed by atoms with E-state index in [-0.39, 0.29) is 18.4 Å². The van der Waals surface area contributed by atoms with Gasteiger partial charge in [0, 0.05) is 6.54 Å². The molecule has 0 radical (unpaired) electrons. The number of hydrogen-bond donors (Lipinski definition) is 2. The van der Waals surface area contributed by atoms with Gasteiger partial charge in [0.15, 0.2) is 0 Å². The molecular formula is C13H22N2O4. The number of amides is 1. The van der Waals surface area contributed by atoms with Crippen LogP contribution in [0.2, 0.25) is 0 Å². The van der Waals surface area contributed by atoms with Crippen molar-refractivity contribution in [3.8, 4) is 0 Å². The predicted molar refractivity (Wildman–Crippen MR) is 68.8 cm³/mol. The van der Waals surface area contributed by atoms with Crippen LogP contribution in [-0.4, -0.2) is 59.8 Å². The van der Waals surface area contributed by atoms with Crippen molar-refractivity contribution in [2.24, 2.45) is 0 Å². The summed E-state index contributed by atoms with van der Waals surface area (Å²) in [5.41, 5.74) is -0.492. The van der Waals surface area contributed by atoms with Gasteiger partial charge in [0.2, 0.25) is 5.91 Å². The van der Waals surface area contributed by atoms with E-state index in [2.05, 4.69) is 5.32 Å². The molecule has 0 aromatic rings. The molecule has 0 aromatic carbocycles. The first-order chi connectivity index (χ1) is 9.09. The molecule has 0 spiro atoms. The van der Waals surface area contributed by atoms with Gasteiger partial charge in [0.25, 0.3) is 0 Å². The van der Waals surface area contributed by atoms with Crippen LogP contribution in [0.25, 0.3) is 0 Å². The van der Waals surface area contributed by atoms with E-state index in [1.807, 2.05) is 6.92 Å². The fourth-order valence-corrected chi connectivity index (χ4v) is 3.01. The summed E-state index contributed by atoms with van der Waals surface area (Å²) in [6.45, 7) is 4.15. The molecule has 0 saturated carbocycles.